The molecule has 1 aromatic carbocycles. The van der Waals surface area contributed by atoms with E-state index in [0.717, 1.165) is 23.4 Å². The molecule has 7 nitrogen and oxygen atoms in total. The van der Waals surface area contributed by atoms with Gasteiger partial charge in [0.15, 0.2) is 5.96 Å². The van der Waals surface area contributed by atoms with Crippen LogP contribution in [0.2, 0.25) is 0 Å². The largest absolute Gasteiger partial charge is 0.492 e. The van der Waals surface area contributed by atoms with Crippen LogP contribution in [-0.2, 0) is 16.0 Å². The maximum atomic E-state index is 11.4. The minimum absolute atomic E-state index is 0.0703. The number of aryl methyl sites for hydroxylation is 1. The van der Waals surface area contributed by atoms with E-state index >= 15 is 0 Å². The third-order valence-electron chi connectivity index (χ3n) is 4.09. The number of nitrogens with one attached hydrogen (secondary N) is 3. The van der Waals surface area contributed by atoms with Crippen molar-refractivity contribution in [1.29, 1.82) is 0 Å². The molecule has 0 aliphatic carbocycles. The molecular weight excluding hydrogens is 320 g/mol. The number of fused-ring (bicyclic) bond motifs is 1. The van der Waals surface area contributed by atoms with Gasteiger partial charge in [-0.3, -0.25) is 9.79 Å². The highest BCUT2D eigenvalue weighted by molar-refractivity contribution is 5.94. The van der Waals surface area contributed by atoms with Crippen molar-refractivity contribution in [3.05, 3.63) is 23.8 Å². The van der Waals surface area contributed by atoms with Crippen molar-refractivity contribution < 1.29 is 14.3 Å². The van der Waals surface area contributed by atoms with Crippen LogP contribution >= 0.6 is 0 Å². The van der Waals surface area contributed by atoms with Gasteiger partial charge in [-0.25, -0.2) is 0 Å². The summed E-state index contributed by atoms with van der Waals surface area (Å²) in [7, 11) is 3.42. The molecule has 0 saturated heterocycles. The lowest BCUT2D eigenvalue weighted by molar-refractivity contribution is -0.116. The van der Waals surface area contributed by atoms with E-state index in [1.807, 2.05) is 32.0 Å². The second-order valence-corrected chi connectivity index (χ2v) is 6.53. The molecule has 0 radical (unpaired) electrons. The topological polar surface area (TPSA) is 84.0 Å². The van der Waals surface area contributed by atoms with Crippen molar-refractivity contribution in [2.24, 2.45) is 4.99 Å². The summed E-state index contributed by atoms with van der Waals surface area (Å²) in [5.41, 5.74) is 1.74. The second kappa shape index (κ2) is 8.71. The number of benzene rings is 1. The van der Waals surface area contributed by atoms with Crippen molar-refractivity contribution in [1.82, 2.24) is 10.6 Å². The molecular formula is C18H28N4O3. The number of rotatable bonds is 7. The van der Waals surface area contributed by atoms with E-state index in [1.165, 1.54) is 0 Å². The van der Waals surface area contributed by atoms with Crippen molar-refractivity contribution >= 4 is 17.6 Å². The first-order chi connectivity index (χ1) is 11.9. The van der Waals surface area contributed by atoms with Gasteiger partial charge in [0.05, 0.1) is 12.1 Å². The number of ether oxygens (including phenoxy) is 2. The quantitative estimate of drug-likeness (QED) is 0.395. The first-order valence-corrected chi connectivity index (χ1v) is 8.49. The van der Waals surface area contributed by atoms with Crippen LogP contribution in [0.25, 0.3) is 0 Å². The summed E-state index contributed by atoms with van der Waals surface area (Å²) >= 11 is 0. The average molecular weight is 348 g/mol. The van der Waals surface area contributed by atoms with E-state index in [9.17, 15) is 4.79 Å². The summed E-state index contributed by atoms with van der Waals surface area (Å²) in [6, 6.07) is 5.75. The molecule has 0 aromatic heterocycles. The van der Waals surface area contributed by atoms with Crippen molar-refractivity contribution in [2.45, 2.75) is 32.3 Å². The Morgan fingerprint density at radius 3 is 2.84 bits per heavy atom. The molecule has 7 heteroatoms. The summed E-state index contributed by atoms with van der Waals surface area (Å²) in [5, 5.41) is 9.30. The zero-order valence-electron chi connectivity index (χ0n) is 15.4. The van der Waals surface area contributed by atoms with E-state index in [4.69, 9.17) is 9.47 Å². The van der Waals surface area contributed by atoms with Crippen molar-refractivity contribution in [2.75, 3.05) is 39.2 Å². The molecule has 0 unspecified atom stereocenters. The van der Waals surface area contributed by atoms with Gasteiger partial charge in [-0.2, -0.15) is 0 Å². The van der Waals surface area contributed by atoms with E-state index < -0.39 is 0 Å². The number of amides is 1. The fourth-order valence-electron chi connectivity index (χ4n) is 2.38. The minimum Gasteiger partial charge on any atom is -0.492 e. The molecule has 2 rings (SSSR count). The fraction of sp³-hybridized carbons (Fsp3) is 0.556. The van der Waals surface area contributed by atoms with Gasteiger partial charge in [-0.1, -0.05) is 0 Å². The molecule has 1 amide bonds. The summed E-state index contributed by atoms with van der Waals surface area (Å²) < 4.78 is 11.1. The summed E-state index contributed by atoms with van der Waals surface area (Å²) in [6.45, 7) is 5.81. The maximum absolute atomic E-state index is 11.4. The summed E-state index contributed by atoms with van der Waals surface area (Å²) in [4.78, 5) is 15.6. The SMILES string of the molecule is CN=C(NCCOc1ccc2c(c1)CCC(=O)N2)NCC(C)(C)OC. The standard InChI is InChI=1S/C18H28N4O3/c1-18(2,24-4)12-21-17(19-3)20-9-10-25-14-6-7-15-13(11-14)5-8-16(23)22-15/h6-7,11H,5,8-10,12H2,1-4H3,(H,22,23)(H2,19,20,21). The zero-order valence-corrected chi connectivity index (χ0v) is 15.4. The number of methoxy groups -OCH3 is 1. The third kappa shape index (κ3) is 5.94. The predicted octanol–water partition coefficient (Wildman–Crippen LogP) is 1.54. The lowest BCUT2D eigenvalue weighted by atomic mass is 10.0. The van der Waals surface area contributed by atoms with E-state index in [1.54, 1.807) is 14.2 Å². The molecule has 0 saturated carbocycles. The molecule has 1 heterocycles. The minimum atomic E-state index is -0.257. The Bertz CT molecular complexity index is 629. The van der Waals surface area contributed by atoms with Crippen LogP contribution in [0.1, 0.15) is 25.8 Å². The Labute approximate surface area is 149 Å². The van der Waals surface area contributed by atoms with E-state index in [2.05, 4.69) is 20.9 Å². The van der Waals surface area contributed by atoms with Crippen LogP contribution in [0.15, 0.2) is 23.2 Å². The van der Waals surface area contributed by atoms with Crippen LogP contribution < -0.4 is 20.7 Å². The number of guanidine groups is 1. The molecule has 0 fully saturated rings. The number of hydrogen-bond acceptors (Lipinski definition) is 4. The van der Waals surface area contributed by atoms with Crippen LogP contribution in [0.3, 0.4) is 0 Å². The molecule has 138 valence electrons. The smallest absolute Gasteiger partial charge is 0.224 e. The molecule has 25 heavy (non-hydrogen) atoms. The van der Waals surface area contributed by atoms with Gasteiger partial charge in [0, 0.05) is 32.8 Å². The Balaban J connectivity index is 1.74. The zero-order chi connectivity index (χ0) is 18.3. The second-order valence-electron chi connectivity index (χ2n) is 6.53. The number of nitrogens with zero attached hydrogens (tertiary/aromatic N) is 1. The third-order valence-corrected chi connectivity index (χ3v) is 4.09. The number of carbonyl (C=O) groups excluding carboxylic acids is 1. The normalized spacial score (nSPS) is 14.6. The number of hydrogen-bond donors (Lipinski definition) is 3. The molecule has 1 aliphatic heterocycles. The molecule has 0 atom stereocenters. The molecule has 1 aliphatic rings. The van der Waals surface area contributed by atoms with Crippen LogP contribution in [0, 0.1) is 0 Å². The highest BCUT2D eigenvalue weighted by Gasteiger charge is 2.17. The Kier molecular flexibility index (Phi) is 6.64. The van der Waals surface area contributed by atoms with Crippen molar-refractivity contribution in [3.63, 3.8) is 0 Å². The number of anilines is 1. The maximum Gasteiger partial charge on any atom is 0.224 e. The Morgan fingerprint density at radius 2 is 2.12 bits per heavy atom. The van der Waals surface area contributed by atoms with E-state index in [0.29, 0.717) is 32.1 Å². The van der Waals surface area contributed by atoms with E-state index in [-0.39, 0.29) is 11.5 Å². The van der Waals surface area contributed by atoms with Gasteiger partial charge in [-0.15, -0.1) is 0 Å². The van der Waals surface area contributed by atoms with Gasteiger partial charge >= 0.3 is 0 Å². The van der Waals surface area contributed by atoms with Gasteiger partial charge in [0.1, 0.15) is 12.4 Å². The van der Waals surface area contributed by atoms with Crippen molar-refractivity contribution in [3.8, 4) is 5.75 Å². The van der Waals surface area contributed by atoms with Gasteiger partial charge in [0.2, 0.25) is 5.91 Å². The highest BCUT2D eigenvalue weighted by atomic mass is 16.5. The molecule has 0 spiro atoms. The lowest BCUT2D eigenvalue weighted by Crippen LogP contribution is -2.46. The average Bonchev–Trinajstić information content (AvgIpc) is 2.61. The molecule has 1 aromatic rings. The van der Waals surface area contributed by atoms with Gasteiger partial charge < -0.3 is 25.4 Å². The molecule has 3 N–H and O–H groups in total. The first-order valence-electron chi connectivity index (χ1n) is 8.49. The Morgan fingerprint density at radius 1 is 1.32 bits per heavy atom. The highest BCUT2D eigenvalue weighted by Crippen LogP contribution is 2.26. The predicted molar refractivity (Wildman–Crippen MR) is 99.3 cm³/mol. The molecule has 0 bridgehead atoms. The summed E-state index contributed by atoms with van der Waals surface area (Å²) in [5.74, 6) is 1.59. The van der Waals surface area contributed by atoms with Gasteiger partial charge in [0.25, 0.3) is 0 Å². The van der Waals surface area contributed by atoms with Gasteiger partial charge in [-0.05, 0) is 44.0 Å². The Hall–Kier alpha value is -2.28. The first kappa shape index (κ1) is 19.1. The lowest BCUT2D eigenvalue weighted by Gasteiger charge is -2.24. The fourth-order valence-corrected chi connectivity index (χ4v) is 2.38. The van der Waals surface area contributed by atoms with Crippen LogP contribution in [0.5, 0.6) is 5.75 Å². The number of aliphatic imine (C=N–C) groups is 1. The van der Waals surface area contributed by atoms with Crippen LogP contribution in [-0.4, -0.2) is 51.3 Å². The number of carbonyl (C=O) groups is 1. The summed E-state index contributed by atoms with van der Waals surface area (Å²) in [6.07, 6.45) is 1.28. The monoisotopic (exact) mass is 348 g/mol. The van der Waals surface area contributed by atoms with Crippen LogP contribution in [0.4, 0.5) is 5.69 Å².